The van der Waals surface area contributed by atoms with Crippen molar-refractivity contribution in [3.63, 3.8) is 0 Å². The van der Waals surface area contributed by atoms with E-state index in [9.17, 15) is 10.2 Å². The van der Waals surface area contributed by atoms with Crippen molar-refractivity contribution in [3.8, 4) is 0 Å². The van der Waals surface area contributed by atoms with E-state index in [0.717, 1.165) is 0 Å². The molecular formula is C12H22O5. The first-order valence-corrected chi connectivity index (χ1v) is 5.95. The van der Waals surface area contributed by atoms with Crippen molar-refractivity contribution in [1.82, 2.24) is 0 Å². The van der Waals surface area contributed by atoms with Crippen LogP contribution in [0.15, 0.2) is 0 Å². The normalized spacial score (nSPS) is 45.0. The van der Waals surface area contributed by atoms with Crippen LogP contribution in [0.4, 0.5) is 0 Å². The van der Waals surface area contributed by atoms with E-state index in [-0.39, 0.29) is 6.61 Å². The minimum Gasteiger partial charge on any atom is -0.393 e. The molecule has 0 radical (unpaired) electrons. The molecule has 0 spiro atoms. The zero-order valence-electron chi connectivity index (χ0n) is 11.1. The van der Waals surface area contributed by atoms with Crippen LogP contribution < -0.4 is 0 Å². The van der Waals surface area contributed by atoms with Gasteiger partial charge in [0.2, 0.25) is 0 Å². The van der Waals surface area contributed by atoms with Crippen molar-refractivity contribution < 1.29 is 24.4 Å². The minimum absolute atomic E-state index is 0.266. The Morgan fingerprint density at radius 3 is 2.12 bits per heavy atom. The van der Waals surface area contributed by atoms with Gasteiger partial charge in [0, 0.05) is 0 Å². The largest absolute Gasteiger partial charge is 0.393 e. The quantitative estimate of drug-likeness (QED) is 0.710. The minimum atomic E-state index is -1.04. The molecule has 5 heteroatoms. The van der Waals surface area contributed by atoms with Gasteiger partial charge in [-0.2, -0.15) is 0 Å². The number of aliphatic hydroxyl groups is 2. The first-order valence-electron chi connectivity index (χ1n) is 5.95. The highest BCUT2D eigenvalue weighted by atomic mass is 16.8. The number of hydrogen-bond acceptors (Lipinski definition) is 5. The maximum Gasteiger partial charge on any atom is 0.190 e. The summed E-state index contributed by atoms with van der Waals surface area (Å²) in [7, 11) is 0. The SMILES string of the molecule is CC1(C)OC2OC(CO)(C(C)(C)C)C(O)C2O1. The van der Waals surface area contributed by atoms with E-state index in [1.54, 1.807) is 13.8 Å². The third-order valence-electron chi connectivity index (χ3n) is 3.71. The lowest BCUT2D eigenvalue weighted by atomic mass is 9.73. The molecule has 0 amide bonds. The van der Waals surface area contributed by atoms with Crippen molar-refractivity contribution >= 4 is 0 Å². The molecule has 4 atom stereocenters. The molecule has 2 saturated heterocycles. The Morgan fingerprint density at radius 2 is 1.71 bits per heavy atom. The van der Waals surface area contributed by atoms with Crippen LogP contribution in [0.3, 0.4) is 0 Å². The molecule has 2 heterocycles. The highest BCUT2D eigenvalue weighted by Gasteiger charge is 2.65. The van der Waals surface area contributed by atoms with Crippen molar-refractivity contribution in [2.45, 2.75) is 64.5 Å². The molecule has 0 aromatic heterocycles. The van der Waals surface area contributed by atoms with Gasteiger partial charge < -0.3 is 24.4 Å². The summed E-state index contributed by atoms with van der Waals surface area (Å²) in [5.74, 6) is -0.754. The molecule has 5 nitrogen and oxygen atoms in total. The van der Waals surface area contributed by atoms with Crippen molar-refractivity contribution in [3.05, 3.63) is 0 Å². The van der Waals surface area contributed by atoms with Gasteiger partial charge in [-0.25, -0.2) is 0 Å². The summed E-state index contributed by atoms with van der Waals surface area (Å²) in [5, 5.41) is 20.0. The van der Waals surface area contributed by atoms with Crippen molar-refractivity contribution in [2.75, 3.05) is 6.61 Å². The Kier molecular flexibility index (Phi) is 2.84. The maximum absolute atomic E-state index is 10.4. The van der Waals surface area contributed by atoms with Gasteiger partial charge in [0.25, 0.3) is 0 Å². The van der Waals surface area contributed by atoms with E-state index in [4.69, 9.17) is 14.2 Å². The van der Waals surface area contributed by atoms with E-state index in [2.05, 4.69) is 0 Å². The standard InChI is InChI=1S/C12H22O5/c1-10(2,3)12(6-13)8(14)7-9(17-12)16-11(4,5)15-7/h7-9,13-14H,6H2,1-5H3. The van der Waals surface area contributed by atoms with Crippen LogP contribution in [-0.4, -0.2) is 46.7 Å². The summed E-state index contributed by atoms with van der Waals surface area (Å²) >= 11 is 0. The van der Waals surface area contributed by atoms with Gasteiger partial charge in [0.15, 0.2) is 12.1 Å². The molecule has 0 bridgehead atoms. The molecule has 4 unspecified atom stereocenters. The van der Waals surface area contributed by atoms with Gasteiger partial charge in [0.05, 0.1) is 6.61 Å². The van der Waals surface area contributed by atoms with Crippen LogP contribution in [0.2, 0.25) is 0 Å². The molecule has 0 aliphatic carbocycles. The van der Waals surface area contributed by atoms with E-state index in [1.165, 1.54) is 0 Å². The summed E-state index contributed by atoms with van der Waals surface area (Å²) in [6.07, 6.45) is -2.07. The van der Waals surface area contributed by atoms with Gasteiger partial charge in [-0.05, 0) is 19.3 Å². The Labute approximate surface area is 102 Å². The number of hydrogen-bond donors (Lipinski definition) is 2. The average Bonchev–Trinajstić information content (AvgIpc) is 2.58. The number of fused-ring (bicyclic) bond motifs is 1. The van der Waals surface area contributed by atoms with Crippen LogP contribution in [0.25, 0.3) is 0 Å². The molecule has 2 aliphatic heterocycles. The molecule has 2 N–H and O–H groups in total. The second-order valence-corrected chi connectivity index (χ2v) is 6.33. The second kappa shape index (κ2) is 3.65. The monoisotopic (exact) mass is 246 g/mol. The number of ether oxygens (including phenoxy) is 3. The lowest BCUT2D eigenvalue weighted by molar-refractivity contribution is -0.268. The van der Waals surface area contributed by atoms with E-state index >= 15 is 0 Å². The molecule has 2 rings (SSSR count). The van der Waals surface area contributed by atoms with E-state index in [0.29, 0.717) is 0 Å². The number of rotatable bonds is 1. The highest BCUT2D eigenvalue weighted by Crippen LogP contribution is 2.49. The van der Waals surface area contributed by atoms with Crippen molar-refractivity contribution in [1.29, 1.82) is 0 Å². The third kappa shape index (κ3) is 1.81. The topological polar surface area (TPSA) is 68.2 Å². The van der Waals surface area contributed by atoms with E-state index in [1.807, 2.05) is 20.8 Å². The van der Waals surface area contributed by atoms with Crippen LogP contribution in [-0.2, 0) is 14.2 Å². The molecule has 0 aromatic rings. The summed E-state index contributed by atoms with van der Waals surface area (Å²) in [6, 6.07) is 0. The highest BCUT2D eigenvalue weighted by molar-refractivity contribution is 5.08. The van der Waals surface area contributed by atoms with Gasteiger partial charge >= 0.3 is 0 Å². The van der Waals surface area contributed by atoms with Crippen LogP contribution in [0.5, 0.6) is 0 Å². The Bertz CT molecular complexity index is 309. The predicted molar refractivity (Wildman–Crippen MR) is 60.2 cm³/mol. The lowest BCUT2D eigenvalue weighted by Crippen LogP contribution is -2.56. The van der Waals surface area contributed by atoms with Gasteiger partial charge in [-0.1, -0.05) is 20.8 Å². The Balaban J connectivity index is 2.28. The summed E-state index contributed by atoms with van der Waals surface area (Å²) < 4.78 is 17.0. The first kappa shape index (κ1) is 13.2. The van der Waals surface area contributed by atoms with E-state index < -0.39 is 35.3 Å². The maximum atomic E-state index is 10.4. The summed E-state index contributed by atoms with van der Waals surface area (Å²) in [4.78, 5) is 0. The smallest absolute Gasteiger partial charge is 0.190 e. The van der Waals surface area contributed by atoms with Crippen LogP contribution in [0, 0.1) is 5.41 Å². The molecule has 2 fully saturated rings. The second-order valence-electron chi connectivity index (χ2n) is 6.33. The fourth-order valence-electron chi connectivity index (χ4n) is 2.59. The van der Waals surface area contributed by atoms with Crippen molar-refractivity contribution in [2.24, 2.45) is 5.41 Å². The molecule has 17 heavy (non-hydrogen) atoms. The van der Waals surface area contributed by atoms with Gasteiger partial charge in [-0.3, -0.25) is 0 Å². The first-order chi connectivity index (χ1) is 7.63. The third-order valence-corrected chi connectivity index (χ3v) is 3.71. The molecular weight excluding hydrogens is 224 g/mol. The molecule has 0 aromatic carbocycles. The van der Waals surface area contributed by atoms with Crippen LogP contribution in [0.1, 0.15) is 34.6 Å². The number of aliphatic hydroxyl groups excluding tert-OH is 2. The zero-order chi connectivity index (χ0) is 13.1. The molecule has 0 saturated carbocycles. The van der Waals surface area contributed by atoms with Crippen LogP contribution >= 0.6 is 0 Å². The molecule has 100 valence electrons. The fourth-order valence-corrected chi connectivity index (χ4v) is 2.59. The molecule has 2 aliphatic rings. The lowest BCUT2D eigenvalue weighted by Gasteiger charge is -2.42. The fraction of sp³-hybridized carbons (Fsp3) is 1.00. The van der Waals surface area contributed by atoms with Gasteiger partial charge in [-0.15, -0.1) is 0 Å². The summed E-state index contributed by atoms with van der Waals surface area (Å²) in [5.41, 5.74) is -1.46. The Morgan fingerprint density at radius 1 is 1.12 bits per heavy atom. The predicted octanol–water partition coefficient (Wildman–Crippen LogP) is 0.632. The zero-order valence-corrected chi connectivity index (χ0v) is 11.1. The average molecular weight is 246 g/mol. The summed E-state index contributed by atoms with van der Waals surface area (Å²) in [6.45, 7) is 9.03. The van der Waals surface area contributed by atoms with Gasteiger partial charge in [0.1, 0.15) is 17.8 Å². The Hall–Kier alpha value is -0.200.